The van der Waals surface area contributed by atoms with Gasteiger partial charge in [-0.2, -0.15) is 0 Å². The first-order chi connectivity index (χ1) is 7.96. The Bertz CT molecular complexity index is 262. The maximum Gasteiger partial charge on any atom is 0.0633 e. The van der Waals surface area contributed by atoms with Gasteiger partial charge in [0.1, 0.15) is 0 Å². The summed E-state index contributed by atoms with van der Waals surface area (Å²) < 4.78 is 6.29. The fourth-order valence-corrected chi connectivity index (χ4v) is 4.20. The maximum absolute atomic E-state index is 9.53. The van der Waals surface area contributed by atoms with Gasteiger partial charge in [0.2, 0.25) is 0 Å². The molecule has 1 saturated carbocycles. The molecule has 1 saturated heterocycles. The second-order valence-electron chi connectivity index (χ2n) is 6.84. The normalized spacial score (nSPS) is 45.4. The SMILES string of the molecule is CCC1CC2OC(C)(C)CC(C)C2CC1CO. The minimum absolute atomic E-state index is 0.0466. The van der Waals surface area contributed by atoms with Gasteiger partial charge in [-0.05, 0) is 56.8 Å². The summed E-state index contributed by atoms with van der Waals surface area (Å²) in [5.74, 6) is 2.56. The molecule has 1 aliphatic heterocycles. The van der Waals surface area contributed by atoms with E-state index in [1.807, 2.05) is 0 Å². The van der Waals surface area contributed by atoms with Gasteiger partial charge in [0.05, 0.1) is 11.7 Å². The zero-order valence-corrected chi connectivity index (χ0v) is 11.8. The van der Waals surface area contributed by atoms with Gasteiger partial charge in [-0.3, -0.25) is 0 Å². The van der Waals surface area contributed by atoms with Gasteiger partial charge in [-0.1, -0.05) is 20.3 Å². The van der Waals surface area contributed by atoms with Gasteiger partial charge >= 0.3 is 0 Å². The summed E-state index contributed by atoms with van der Waals surface area (Å²) in [5, 5.41) is 9.53. The number of ether oxygens (including phenoxy) is 1. The Balaban J connectivity index is 2.10. The molecule has 1 heterocycles. The standard InChI is InChI=1S/C15H28O2/c1-5-11-7-14-13(6-12(11)9-16)10(2)8-15(3,4)17-14/h10-14,16H,5-9H2,1-4H3. The average Bonchev–Trinajstić information content (AvgIpc) is 2.26. The molecule has 0 bridgehead atoms. The first kappa shape index (κ1) is 13.4. The van der Waals surface area contributed by atoms with Crippen molar-refractivity contribution in [2.24, 2.45) is 23.7 Å². The van der Waals surface area contributed by atoms with E-state index in [1.54, 1.807) is 0 Å². The van der Waals surface area contributed by atoms with E-state index in [0.29, 0.717) is 30.5 Å². The monoisotopic (exact) mass is 240 g/mol. The molecular formula is C15H28O2. The van der Waals surface area contributed by atoms with Crippen molar-refractivity contribution >= 4 is 0 Å². The largest absolute Gasteiger partial charge is 0.396 e. The quantitative estimate of drug-likeness (QED) is 0.803. The predicted molar refractivity (Wildman–Crippen MR) is 69.8 cm³/mol. The highest BCUT2D eigenvalue weighted by Crippen LogP contribution is 2.47. The molecule has 2 nitrogen and oxygen atoms in total. The fraction of sp³-hybridized carbons (Fsp3) is 1.00. The Hall–Kier alpha value is -0.0800. The average molecular weight is 240 g/mol. The van der Waals surface area contributed by atoms with E-state index >= 15 is 0 Å². The molecule has 2 aliphatic rings. The molecule has 0 amide bonds. The molecule has 0 aromatic rings. The molecule has 2 rings (SSSR count). The van der Waals surface area contributed by atoms with Crippen LogP contribution < -0.4 is 0 Å². The summed E-state index contributed by atoms with van der Waals surface area (Å²) in [4.78, 5) is 0. The lowest BCUT2D eigenvalue weighted by molar-refractivity contribution is -0.182. The third kappa shape index (κ3) is 2.68. The zero-order valence-electron chi connectivity index (χ0n) is 11.8. The number of aliphatic hydroxyl groups excluding tert-OH is 1. The number of fused-ring (bicyclic) bond motifs is 1. The molecule has 2 heteroatoms. The van der Waals surface area contributed by atoms with Crippen LogP contribution in [0.3, 0.4) is 0 Å². The van der Waals surface area contributed by atoms with E-state index in [-0.39, 0.29) is 5.60 Å². The predicted octanol–water partition coefficient (Wildman–Crippen LogP) is 3.23. The van der Waals surface area contributed by atoms with Crippen LogP contribution >= 0.6 is 0 Å². The first-order valence-electron chi connectivity index (χ1n) is 7.25. The van der Waals surface area contributed by atoms with E-state index in [0.717, 1.165) is 25.2 Å². The van der Waals surface area contributed by atoms with E-state index in [2.05, 4.69) is 27.7 Å². The van der Waals surface area contributed by atoms with Gasteiger partial charge in [-0.25, -0.2) is 0 Å². The zero-order chi connectivity index (χ0) is 12.6. The molecule has 2 fully saturated rings. The number of hydrogen-bond donors (Lipinski definition) is 1. The van der Waals surface area contributed by atoms with E-state index in [9.17, 15) is 5.11 Å². The minimum atomic E-state index is 0.0466. The van der Waals surface area contributed by atoms with E-state index in [1.165, 1.54) is 6.42 Å². The Kier molecular flexibility index (Phi) is 3.84. The van der Waals surface area contributed by atoms with Gasteiger partial charge in [0.25, 0.3) is 0 Å². The second-order valence-corrected chi connectivity index (χ2v) is 6.84. The lowest BCUT2D eigenvalue weighted by Gasteiger charge is -2.51. The highest BCUT2D eigenvalue weighted by molar-refractivity contribution is 4.94. The minimum Gasteiger partial charge on any atom is -0.396 e. The van der Waals surface area contributed by atoms with Crippen LogP contribution in [0, 0.1) is 23.7 Å². The topological polar surface area (TPSA) is 29.5 Å². The highest BCUT2D eigenvalue weighted by atomic mass is 16.5. The first-order valence-corrected chi connectivity index (χ1v) is 7.25. The Morgan fingerprint density at radius 3 is 2.53 bits per heavy atom. The third-order valence-corrected chi connectivity index (χ3v) is 5.03. The van der Waals surface area contributed by atoms with Crippen LogP contribution in [0.25, 0.3) is 0 Å². The van der Waals surface area contributed by atoms with Crippen molar-refractivity contribution in [3.8, 4) is 0 Å². The lowest BCUT2D eigenvalue weighted by atomic mass is 9.65. The molecule has 0 aromatic carbocycles. The van der Waals surface area contributed by atoms with Crippen molar-refractivity contribution in [2.45, 2.75) is 65.1 Å². The summed E-state index contributed by atoms with van der Waals surface area (Å²) in [6.45, 7) is 9.41. The van der Waals surface area contributed by atoms with Gasteiger partial charge in [0, 0.05) is 6.61 Å². The van der Waals surface area contributed by atoms with Crippen molar-refractivity contribution in [3.05, 3.63) is 0 Å². The molecule has 0 spiro atoms. The van der Waals surface area contributed by atoms with Crippen LogP contribution in [-0.4, -0.2) is 23.4 Å². The summed E-state index contributed by atoms with van der Waals surface area (Å²) in [6, 6.07) is 0. The van der Waals surface area contributed by atoms with Crippen LogP contribution in [0.5, 0.6) is 0 Å². The van der Waals surface area contributed by atoms with Crippen LogP contribution in [0.4, 0.5) is 0 Å². The molecule has 1 N–H and O–H groups in total. The lowest BCUT2D eigenvalue weighted by Crippen LogP contribution is -2.50. The van der Waals surface area contributed by atoms with Crippen LogP contribution in [0.15, 0.2) is 0 Å². The van der Waals surface area contributed by atoms with Crippen molar-refractivity contribution in [3.63, 3.8) is 0 Å². The van der Waals surface area contributed by atoms with Crippen molar-refractivity contribution < 1.29 is 9.84 Å². The van der Waals surface area contributed by atoms with Crippen LogP contribution in [0.2, 0.25) is 0 Å². The summed E-state index contributed by atoms with van der Waals surface area (Å²) in [5.41, 5.74) is 0.0466. The Labute approximate surface area is 106 Å². The molecule has 5 atom stereocenters. The summed E-state index contributed by atoms with van der Waals surface area (Å²) >= 11 is 0. The van der Waals surface area contributed by atoms with Crippen LogP contribution in [-0.2, 0) is 4.74 Å². The highest BCUT2D eigenvalue weighted by Gasteiger charge is 2.45. The van der Waals surface area contributed by atoms with E-state index < -0.39 is 0 Å². The summed E-state index contributed by atoms with van der Waals surface area (Å²) in [6.07, 6.45) is 5.08. The van der Waals surface area contributed by atoms with Gasteiger partial charge in [0.15, 0.2) is 0 Å². The Morgan fingerprint density at radius 1 is 1.24 bits per heavy atom. The molecule has 100 valence electrons. The number of hydrogen-bond acceptors (Lipinski definition) is 2. The number of aliphatic hydroxyl groups is 1. The van der Waals surface area contributed by atoms with Crippen molar-refractivity contribution in [1.82, 2.24) is 0 Å². The molecule has 17 heavy (non-hydrogen) atoms. The molecule has 5 unspecified atom stereocenters. The molecule has 0 aromatic heterocycles. The van der Waals surface area contributed by atoms with Crippen molar-refractivity contribution in [1.29, 1.82) is 0 Å². The maximum atomic E-state index is 9.53. The number of rotatable bonds is 2. The van der Waals surface area contributed by atoms with Gasteiger partial charge < -0.3 is 9.84 Å². The molecular weight excluding hydrogens is 212 g/mol. The molecule has 1 aliphatic carbocycles. The second kappa shape index (κ2) is 4.89. The van der Waals surface area contributed by atoms with E-state index in [4.69, 9.17) is 4.74 Å². The van der Waals surface area contributed by atoms with Crippen LogP contribution in [0.1, 0.15) is 53.4 Å². The smallest absolute Gasteiger partial charge is 0.0633 e. The fourth-order valence-electron chi connectivity index (χ4n) is 4.20. The van der Waals surface area contributed by atoms with Gasteiger partial charge in [-0.15, -0.1) is 0 Å². The molecule has 0 radical (unpaired) electrons. The van der Waals surface area contributed by atoms with Crippen molar-refractivity contribution in [2.75, 3.05) is 6.61 Å². The Morgan fingerprint density at radius 2 is 1.94 bits per heavy atom. The third-order valence-electron chi connectivity index (χ3n) is 5.03. The summed E-state index contributed by atoms with van der Waals surface area (Å²) in [7, 11) is 0.